The summed E-state index contributed by atoms with van der Waals surface area (Å²) in [7, 11) is 0. The van der Waals surface area contributed by atoms with E-state index in [0.29, 0.717) is 34.7 Å². The number of hydrogen-bond donors (Lipinski definition) is 2. The van der Waals surface area contributed by atoms with E-state index in [1.807, 2.05) is 25.1 Å². The zero-order valence-corrected chi connectivity index (χ0v) is 17.6. The van der Waals surface area contributed by atoms with Crippen molar-refractivity contribution in [3.8, 4) is 16.7 Å². The number of halogens is 1. The van der Waals surface area contributed by atoms with Gasteiger partial charge in [-0.15, -0.1) is 0 Å². The second kappa shape index (κ2) is 8.34. The third kappa shape index (κ3) is 5.50. The molecule has 2 fully saturated rings. The van der Waals surface area contributed by atoms with Crippen LogP contribution < -0.4 is 14.8 Å². The number of amides is 1. The molecule has 1 aromatic carbocycles. The summed E-state index contributed by atoms with van der Waals surface area (Å²) < 4.78 is 11.5. The van der Waals surface area contributed by atoms with Gasteiger partial charge in [-0.3, -0.25) is 4.79 Å². The topological polar surface area (TPSA) is 80.7 Å². The molecule has 2 saturated carbocycles. The van der Waals surface area contributed by atoms with E-state index >= 15 is 0 Å². The van der Waals surface area contributed by atoms with Crippen molar-refractivity contribution in [3.05, 3.63) is 40.4 Å². The van der Waals surface area contributed by atoms with Crippen LogP contribution in [0.15, 0.2) is 30.5 Å². The van der Waals surface area contributed by atoms with Crippen LogP contribution >= 0.6 is 22.9 Å². The van der Waals surface area contributed by atoms with Crippen molar-refractivity contribution in [3.63, 3.8) is 0 Å². The smallest absolute Gasteiger partial charge is 0.279 e. The molecule has 0 unspecified atom stereocenters. The van der Waals surface area contributed by atoms with Crippen molar-refractivity contribution in [2.24, 2.45) is 5.92 Å². The lowest BCUT2D eigenvalue weighted by molar-refractivity contribution is -0.131. The maximum Gasteiger partial charge on any atom is 0.279 e. The van der Waals surface area contributed by atoms with Gasteiger partial charge in [-0.1, -0.05) is 29.0 Å². The molecule has 1 aromatic heterocycles. The summed E-state index contributed by atoms with van der Waals surface area (Å²) in [6, 6.07) is 5.18. The number of thiazole rings is 1. The van der Waals surface area contributed by atoms with E-state index in [0.717, 1.165) is 17.2 Å². The standard InChI is InChI=1S/C21H23ClN2O4S/c1-13(24-19(25)21(26)8-9-21)2-6-16-11-23-20(29-16)28-18-7-5-15(10-17(18)22)27-12-14-3-4-14/h2,5-7,10-11,13-14,26H,3-4,8-9,12H2,1H3,(H,24,25)/t13-/m0/s1. The van der Waals surface area contributed by atoms with Gasteiger partial charge in [0.05, 0.1) is 16.5 Å². The Morgan fingerprint density at radius 2 is 2.28 bits per heavy atom. The molecule has 1 heterocycles. The number of aromatic nitrogens is 1. The van der Waals surface area contributed by atoms with Gasteiger partial charge in [-0.2, -0.15) is 0 Å². The summed E-state index contributed by atoms with van der Waals surface area (Å²) in [5, 5.41) is 13.5. The van der Waals surface area contributed by atoms with Crippen LogP contribution in [0.25, 0.3) is 6.08 Å². The molecule has 0 bridgehead atoms. The molecular weight excluding hydrogens is 412 g/mol. The van der Waals surface area contributed by atoms with Crippen LogP contribution in [0.3, 0.4) is 0 Å². The average Bonchev–Trinajstić information content (AvgIpc) is 3.61. The van der Waals surface area contributed by atoms with Crippen LogP contribution in [0.4, 0.5) is 0 Å². The monoisotopic (exact) mass is 434 g/mol. The number of ether oxygens (including phenoxy) is 2. The van der Waals surface area contributed by atoms with Crippen molar-refractivity contribution in [2.75, 3.05) is 6.61 Å². The Balaban J connectivity index is 1.31. The molecule has 8 heteroatoms. The fraction of sp³-hybridized carbons (Fsp3) is 0.429. The minimum Gasteiger partial charge on any atom is -0.493 e. The van der Waals surface area contributed by atoms with E-state index in [-0.39, 0.29) is 11.9 Å². The van der Waals surface area contributed by atoms with Gasteiger partial charge in [0.25, 0.3) is 11.1 Å². The summed E-state index contributed by atoms with van der Waals surface area (Å²) in [6.45, 7) is 2.59. The number of benzene rings is 1. The fourth-order valence-electron chi connectivity index (χ4n) is 2.61. The maximum atomic E-state index is 11.8. The van der Waals surface area contributed by atoms with Crippen LogP contribution in [-0.4, -0.2) is 34.2 Å². The van der Waals surface area contributed by atoms with E-state index in [1.54, 1.807) is 18.3 Å². The molecule has 29 heavy (non-hydrogen) atoms. The molecule has 0 saturated heterocycles. The summed E-state index contributed by atoms with van der Waals surface area (Å²) in [5.74, 6) is 1.63. The van der Waals surface area contributed by atoms with Gasteiger partial charge in [0.2, 0.25) is 0 Å². The lowest BCUT2D eigenvalue weighted by atomic mass is 10.2. The Morgan fingerprint density at radius 1 is 1.48 bits per heavy atom. The SMILES string of the molecule is C[C@@H](C=Cc1cnc(Oc2ccc(OCC3CC3)cc2Cl)s1)NC(=O)C1(O)CC1. The molecule has 1 atom stereocenters. The average molecular weight is 435 g/mol. The number of hydrogen-bond acceptors (Lipinski definition) is 6. The number of rotatable bonds is 9. The number of nitrogens with one attached hydrogen (secondary N) is 1. The van der Waals surface area contributed by atoms with Crippen molar-refractivity contribution >= 4 is 34.9 Å². The van der Waals surface area contributed by atoms with E-state index < -0.39 is 5.60 Å². The van der Waals surface area contributed by atoms with Gasteiger partial charge in [-0.25, -0.2) is 4.98 Å². The second-order valence-corrected chi connectivity index (χ2v) is 9.06. The Bertz CT molecular complexity index is 921. The number of carbonyl (C=O) groups excluding carboxylic acids is 1. The molecule has 0 radical (unpaired) electrons. The van der Waals surface area contributed by atoms with E-state index in [4.69, 9.17) is 21.1 Å². The number of nitrogens with zero attached hydrogens (tertiary/aromatic N) is 1. The highest BCUT2D eigenvalue weighted by Gasteiger charge is 2.48. The van der Waals surface area contributed by atoms with Crippen LogP contribution in [0.5, 0.6) is 16.7 Å². The van der Waals surface area contributed by atoms with Crippen LogP contribution in [0.2, 0.25) is 5.02 Å². The molecule has 2 aliphatic carbocycles. The minimum absolute atomic E-state index is 0.198. The molecule has 154 valence electrons. The number of carbonyl (C=O) groups is 1. The first-order valence-electron chi connectivity index (χ1n) is 9.69. The lowest BCUT2D eigenvalue weighted by Gasteiger charge is -2.12. The van der Waals surface area contributed by atoms with E-state index in [2.05, 4.69) is 10.3 Å². The highest BCUT2D eigenvalue weighted by atomic mass is 35.5. The molecule has 0 aliphatic heterocycles. The highest BCUT2D eigenvalue weighted by Crippen LogP contribution is 2.36. The quantitative estimate of drug-likeness (QED) is 0.610. The Morgan fingerprint density at radius 3 is 2.97 bits per heavy atom. The Hall–Kier alpha value is -2.09. The third-order valence-corrected chi connectivity index (χ3v) is 5.98. The molecule has 2 aliphatic rings. The minimum atomic E-state index is -1.16. The largest absolute Gasteiger partial charge is 0.493 e. The maximum absolute atomic E-state index is 11.8. The zero-order chi connectivity index (χ0) is 20.4. The molecular formula is C21H23ClN2O4S. The van der Waals surface area contributed by atoms with Crippen molar-refractivity contribution in [1.29, 1.82) is 0 Å². The first kappa shape index (κ1) is 20.2. The van der Waals surface area contributed by atoms with E-state index in [9.17, 15) is 9.90 Å². The summed E-state index contributed by atoms with van der Waals surface area (Å²) >= 11 is 7.68. The summed E-state index contributed by atoms with van der Waals surface area (Å²) in [6.07, 6.45) is 8.94. The van der Waals surface area contributed by atoms with E-state index in [1.165, 1.54) is 24.2 Å². The molecule has 6 nitrogen and oxygen atoms in total. The Kier molecular flexibility index (Phi) is 5.81. The van der Waals surface area contributed by atoms with Crippen molar-refractivity contribution in [2.45, 2.75) is 44.2 Å². The second-order valence-electron chi connectivity index (χ2n) is 7.63. The Labute approximate surface area is 178 Å². The molecule has 1 amide bonds. The predicted molar refractivity (Wildman–Crippen MR) is 113 cm³/mol. The first-order chi connectivity index (χ1) is 13.9. The van der Waals surface area contributed by atoms with Crippen molar-refractivity contribution in [1.82, 2.24) is 10.3 Å². The molecule has 2 aromatic rings. The van der Waals surface area contributed by atoms with Crippen LogP contribution in [-0.2, 0) is 4.79 Å². The molecule has 0 spiro atoms. The highest BCUT2D eigenvalue weighted by molar-refractivity contribution is 7.14. The fourth-order valence-corrected chi connectivity index (χ4v) is 3.51. The van der Waals surface area contributed by atoms with Crippen LogP contribution in [0.1, 0.15) is 37.5 Å². The lowest BCUT2D eigenvalue weighted by Crippen LogP contribution is -2.40. The van der Waals surface area contributed by atoms with Gasteiger partial charge in [-0.05, 0) is 56.7 Å². The van der Waals surface area contributed by atoms with Gasteiger partial charge in [0.15, 0.2) is 0 Å². The first-order valence-corrected chi connectivity index (χ1v) is 10.9. The summed E-state index contributed by atoms with van der Waals surface area (Å²) in [5.41, 5.74) is -1.16. The zero-order valence-electron chi connectivity index (χ0n) is 16.1. The summed E-state index contributed by atoms with van der Waals surface area (Å²) in [4.78, 5) is 17.0. The van der Waals surface area contributed by atoms with Crippen molar-refractivity contribution < 1.29 is 19.4 Å². The molecule has 2 N–H and O–H groups in total. The third-order valence-electron chi connectivity index (χ3n) is 4.84. The van der Waals surface area contributed by atoms with Gasteiger partial charge < -0.3 is 19.9 Å². The number of aliphatic hydroxyl groups is 1. The molecule has 4 rings (SSSR count). The van der Waals surface area contributed by atoms with Gasteiger partial charge in [0, 0.05) is 18.3 Å². The van der Waals surface area contributed by atoms with Gasteiger partial charge in [0.1, 0.15) is 17.1 Å². The van der Waals surface area contributed by atoms with Crippen LogP contribution in [0, 0.1) is 5.92 Å². The van der Waals surface area contributed by atoms with Gasteiger partial charge >= 0.3 is 0 Å². The predicted octanol–water partition coefficient (Wildman–Crippen LogP) is 4.42. The normalized spacial score (nSPS) is 18.4.